The number of likely N-dealkylation sites (tertiary alicyclic amines) is 1. The molecule has 2 aliphatic rings. The summed E-state index contributed by atoms with van der Waals surface area (Å²) in [6.07, 6.45) is 2.19. The molecule has 2 atom stereocenters. The van der Waals surface area contributed by atoms with E-state index < -0.39 is 5.60 Å². The van der Waals surface area contributed by atoms with Crippen LogP contribution in [0.25, 0.3) is 0 Å². The number of piperidine rings is 1. The fraction of sp³-hybridized carbons (Fsp3) is 0.917. The topological polar surface area (TPSA) is 41.6 Å². The minimum Gasteiger partial charge on any atom is -0.444 e. The molecule has 0 unspecified atom stereocenters. The number of nitrogens with zero attached hydrogens (tertiary/aromatic N) is 1. The van der Waals surface area contributed by atoms with Crippen LogP contribution in [0.5, 0.6) is 0 Å². The fourth-order valence-electron chi connectivity index (χ4n) is 2.62. The van der Waals surface area contributed by atoms with E-state index in [2.05, 4.69) is 5.32 Å². The fourth-order valence-corrected chi connectivity index (χ4v) is 2.62. The number of hydrogen-bond acceptors (Lipinski definition) is 3. The van der Waals surface area contributed by atoms with Crippen molar-refractivity contribution >= 4 is 6.09 Å². The Balaban J connectivity index is 2.00. The van der Waals surface area contributed by atoms with E-state index in [4.69, 9.17) is 4.74 Å². The number of rotatable bonds is 0. The quantitative estimate of drug-likeness (QED) is 0.682. The number of ether oxygens (including phenoxy) is 1. The van der Waals surface area contributed by atoms with E-state index in [1.807, 2.05) is 25.7 Å². The minimum atomic E-state index is -0.393. The summed E-state index contributed by atoms with van der Waals surface area (Å²) in [4.78, 5) is 13.9. The van der Waals surface area contributed by atoms with E-state index in [9.17, 15) is 4.79 Å². The largest absolute Gasteiger partial charge is 0.444 e. The second kappa shape index (κ2) is 4.24. The van der Waals surface area contributed by atoms with Crippen molar-refractivity contribution in [3.05, 3.63) is 0 Å². The van der Waals surface area contributed by atoms with Crippen LogP contribution in [0.15, 0.2) is 0 Å². The van der Waals surface area contributed by atoms with Crippen molar-refractivity contribution < 1.29 is 9.53 Å². The molecule has 16 heavy (non-hydrogen) atoms. The first kappa shape index (κ1) is 11.7. The SMILES string of the molecule is CC(C)(C)OC(=O)N1CCC[C@H]2CNC[C@@H]21. The van der Waals surface area contributed by atoms with Crippen LogP contribution >= 0.6 is 0 Å². The molecule has 2 rings (SSSR count). The average molecular weight is 226 g/mol. The summed E-state index contributed by atoms with van der Waals surface area (Å²) in [5.41, 5.74) is -0.393. The maximum absolute atomic E-state index is 12.0. The zero-order valence-electron chi connectivity index (χ0n) is 10.5. The van der Waals surface area contributed by atoms with E-state index in [1.54, 1.807) is 0 Å². The number of carbonyl (C=O) groups is 1. The standard InChI is InChI=1S/C12H22N2O2/c1-12(2,3)16-11(15)14-6-4-5-9-7-13-8-10(9)14/h9-10,13H,4-8H2,1-3H3/t9-,10-/m0/s1. The third-order valence-corrected chi connectivity index (χ3v) is 3.31. The highest BCUT2D eigenvalue weighted by atomic mass is 16.6. The van der Waals surface area contributed by atoms with Gasteiger partial charge in [0, 0.05) is 19.6 Å². The van der Waals surface area contributed by atoms with E-state index in [0.717, 1.165) is 26.1 Å². The monoisotopic (exact) mass is 226 g/mol. The Bertz CT molecular complexity index is 273. The van der Waals surface area contributed by atoms with E-state index in [0.29, 0.717) is 12.0 Å². The first-order valence-corrected chi connectivity index (χ1v) is 6.18. The summed E-state index contributed by atoms with van der Waals surface area (Å²) in [6, 6.07) is 0.351. The van der Waals surface area contributed by atoms with Gasteiger partial charge < -0.3 is 15.0 Å². The van der Waals surface area contributed by atoms with Crippen molar-refractivity contribution in [2.75, 3.05) is 19.6 Å². The normalized spacial score (nSPS) is 30.1. The number of hydrogen-bond donors (Lipinski definition) is 1. The van der Waals surface area contributed by atoms with E-state index in [-0.39, 0.29) is 6.09 Å². The smallest absolute Gasteiger partial charge is 0.410 e. The van der Waals surface area contributed by atoms with Gasteiger partial charge in [0.1, 0.15) is 5.60 Å². The molecule has 1 N–H and O–H groups in total. The van der Waals surface area contributed by atoms with Crippen LogP contribution in [0, 0.1) is 5.92 Å². The third-order valence-electron chi connectivity index (χ3n) is 3.31. The zero-order chi connectivity index (χ0) is 11.8. The van der Waals surface area contributed by atoms with E-state index in [1.165, 1.54) is 6.42 Å². The number of amides is 1. The molecule has 4 nitrogen and oxygen atoms in total. The molecule has 92 valence electrons. The van der Waals surface area contributed by atoms with Crippen molar-refractivity contribution in [1.82, 2.24) is 10.2 Å². The van der Waals surface area contributed by atoms with Crippen molar-refractivity contribution in [2.45, 2.75) is 45.3 Å². The van der Waals surface area contributed by atoms with Crippen LogP contribution < -0.4 is 5.32 Å². The average Bonchev–Trinajstić information content (AvgIpc) is 2.61. The second-order valence-electron chi connectivity index (χ2n) is 5.80. The Morgan fingerprint density at radius 3 is 2.81 bits per heavy atom. The van der Waals surface area contributed by atoms with Crippen LogP contribution in [-0.2, 0) is 4.74 Å². The molecule has 0 saturated carbocycles. The number of fused-ring (bicyclic) bond motifs is 1. The summed E-state index contributed by atoms with van der Waals surface area (Å²) < 4.78 is 5.44. The molecule has 2 saturated heterocycles. The van der Waals surface area contributed by atoms with Crippen LogP contribution in [-0.4, -0.2) is 42.3 Å². The van der Waals surface area contributed by atoms with Gasteiger partial charge in [-0.05, 0) is 39.5 Å². The molecule has 0 aromatic rings. The predicted octanol–water partition coefficient (Wildman–Crippen LogP) is 1.61. The van der Waals surface area contributed by atoms with E-state index >= 15 is 0 Å². The maximum atomic E-state index is 12.0. The lowest BCUT2D eigenvalue weighted by Crippen LogP contribution is -2.50. The summed E-state index contributed by atoms with van der Waals surface area (Å²) >= 11 is 0. The maximum Gasteiger partial charge on any atom is 0.410 e. The molecule has 0 bridgehead atoms. The van der Waals surface area contributed by atoms with Crippen LogP contribution in [0.3, 0.4) is 0 Å². The van der Waals surface area contributed by atoms with Gasteiger partial charge >= 0.3 is 6.09 Å². The van der Waals surface area contributed by atoms with Gasteiger partial charge in [0.15, 0.2) is 0 Å². The number of carbonyl (C=O) groups excluding carboxylic acids is 1. The molecule has 0 radical (unpaired) electrons. The summed E-state index contributed by atoms with van der Waals surface area (Å²) in [6.45, 7) is 8.56. The highest BCUT2D eigenvalue weighted by Crippen LogP contribution is 2.27. The van der Waals surface area contributed by atoms with Gasteiger partial charge in [0.2, 0.25) is 0 Å². The van der Waals surface area contributed by atoms with Gasteiger partial charge in [-0.15, -0.1) is 0 Å². The molecule has 2 aliphatic heterocycles. The van der Waals surface area contributed by atoms with Crippen LogP contribution in [0.4, 0.5) is 4.79 Å². The highest BCUT2D eigenvalue weighted by Gasteiger charge is 2.38. The Hall–Kier alpha value is -0.770. The van der Waals surface area contributed by atoms with Crippen molar-refractivity contribution in [2.24, 2.45) is 5.92 Å². The highest BCUT2D eigenvalue weighted by molar-refractivity contribution is 5.68. The third kappa shape index (κ3) is 2.48. The molecule has 0 aliphatic carbocycles. The summed E-state index contributed by atoms with van der Waals surface area (Å²) in [5, 5.41) is 3.36. The van der Waals surface area contributed by atoms with Gasteiger partial charge in [-0.2, -0.15) is 0 Å². The molecule has 0 spiro atoms. The lowest BCUT2D eigenvalue weighted by Gasteiger charge is -2.37. The Kier molecular flexibility index (Phi) is 3.10. The van der Waals surface area contributed by atoms with Gasteiger partial charge in [-0.25, -0.2) is 4.79 Å². The van der Waals surface area contributed by atoms with Gasteiger partial charge in [-0.3, -0.25) is 0 Å². The second-order valence-corrected chi connectivity index (χ2v) is 5.80. The van der Waals surface area contributed by atoms with Crippen molar-refractivity contribution in [1.29, 1.82) is 0 Å². The number of nitrogens with one attached hydrogen (secondary N) is 1. The summed E-state index contributed by atoms with van der Waals surface area (Å²) in [5.74, 6) is 0.626. The Labute approximate surface area is 97.3 Å². The molecule has 1 amide bonds. The van der Waals surface area contributed by atoms with Crippen LogP contribution in [0.2, 0.25) is 0 Å². The van der Waals surface area contributed by atoms with Gasteiger partial charge in [0.25, 0.3) is 0 Å². The lowest BCUT2D eigenvalue weighted by atomic mass is 9.92. The first-order chi connectivity index (χ1) is 7.47. The minimum absolute atomic E-state index is 0.147. The molecular formula is C12H22N2O2. The molecule has 2 fully saturated rings. The molecular weight excluding hydrogens is 204 g/mol. The Morgan fingerprint density at radius 2 is 2.12 bits per heavy atom. The van der Waals surface area contributed by atoms with Gasteiger partial charge in [-0.1, -0.05) is 0 Å². The zero-order valence-corrected chi connectivity index (χ0v) is 10.5. The first-order valence-electron chi connectivity index (χ1n) is 6.18. The summed E-state index contributed by atoms with van der Waals surface area (Å²) in [7, 11) is 0. The lowest BCUT2D eigenvalue weighted by molar-refractivity contribution is 0.00663. The predicted molar refractivity (Wildman–Crippen MR) is 62.3 cm³/mol. The molecule has 2 heterocycles. The van der Waals surface area contributed by atoms with Crippen LogP contribution in [0.1, 0.15) is 33.6 Å². The van der Waals surface area contributed by atoms with Crippen molar-refractivity contribution in [3.63, 3.8) is 0 Å². The molecule has 0 aromatic heterocycles. The molecule has 4 heteroatoms. The van der Waals surface area contributed by atoms with Gasteiger partial charge in [0.05, 0.1) is 6.04 Å². The van der Waals surface area contributed by atoms with Crippen molar-refractivity contribution in [3.8, 4) is 0 Å². The Morgan fingerprint density at radius 1 is 1.38 bits per heavy atom. The molecule has 0 aromatic carbocycles.